The van der Waals surface area contributed by atoms with Gasteiger partial charge in [0.2, 0.25) is 0 Å². The highest BCUT2D eigenvalue weighted by Gasteiger charge is 2.35. The molecule has 122 valence electrons. The van der Waals surface area contributed by atoms with E-state index in [1.165, 1.54) is 5.56 Å². The number of hydrogen-bond acceptors (Lipinski definition) is 3. The largest absolute Gasteiger partial charge is 0.297 e. The molecule has 1 aliphatic rings. The van der Waals surface area contributed by atoms with Gasteiger partial charge in [0.15, 0.2) is 0 Å². The smallest absolute Gasteiger partial charge is 0.274 e. The van der Waals surface area contributed by atoms with Gasteiger partial charge in [0.05, 0.1) is 0 Å². The summed E-state index contributed by atoms with van der Waals surface area (Å²) in [5.41, 5.74) is 2.35. The predicted octanol–water partition coefficient (Wildman–Crippen LogP) is 1.45. The Balaban J connectivity index is 1.78. The summed E-state index contributed by atoms with van der Waals surface area (Å²) in [5.74, 6) is 0.0956. The van der Waals surface area contributed by atoms with E-state index < -0.39 is 10.2 Å². The molecule has 2 atom stereocenters. The molecule has 1 saturated heterocycles. The highest BCUT2D eigenvalue weighted by Crippen LogP contribution is 2.28. The molecule has 0 saturated carbocycles. The van der Waals surface area contributed by atoms with Crippen LogP contribution in [-0.4, -0.2) is 32.4 Å². The zero-order valence-corrected chi connectivity index (χ0v) is 13.6. The van der Waals surface area contributed by atoms with Crippen molar-refractivity contribution in [3.05, 3.63) is 71.8 Å². The van der Waals surface area contributed by atoms with Crippen molar-refractivity contribution in [2.45, 2.75) is 18.5 Å². The van der Waals surface area contributed by atoms with Gasteiger partial charge >= 0.3 is 0 Å². The molecule has 0 unspecified atom stereocenters. The Bertz CT molecular complexity index is 735. The second kappa shape index (κ2) is 6.80. The third-order valence-corrected chi connectivity index (χ3v) is 4.82. The highest BCUT2D eigenvalue weighted by molar-refractivity contribution is 7.87. The van der Waals surface area contributed by atoms with Crippen LogP contribution in [0.1, 0.15) is 17.0 Å². The van der Waals surface area contributed by atoms with Crippen LogP contribution in [0, 0.1) is 0 Å². The van der Waals surface area contributed by atoms with Crippen LogP contribution in [0.3, 0.4) is 0 Å². The van der Waals surface area contributed by atoms with Gasteiger partial charge in [-0.3, -0.25) is 4.90 Å². The van der Waals surface area contributed by atoms with Crippen LogP contribution >= 0.6 is 0 Å². The monoisotopic (exact) mass is 331 g/mol. The van der Waals surface area contributed by atoms with E-state index in [-0.39, 0.29) is 12.0 Å². The van der Waals surface area contributed by atoms with Gasteiger partial charge in [0, 0.05) is 31.6 Å². The Hall–Kier alpha value is -1.73. The van der Waals surface area contributed by atoms with Crippen molar-refractivity contribution in [1.29, 1.82) is 0 Å². The third-order valence-electron chi connectivity index (χ3n) is 4.19. The van der Waals surface area contributed by atoms with E-state index in [9.17, 15) is 8.42 Å². The Labute approximate surface area is 137 Å². The fourth-order valence-electron chi connectivity index (χ4n) is 3.22. The first-order valence-electron chi connectivity index (χ1n) is 7.62. The molecule has 23 heavy (non-hydrogen) atoms. The van der Waals surface area contributed by atoms with Crippen molar-refractivity contribution in [1.82, 2.24) is 9.62 Å². The maximum absolute atomic E-state index is 11.5. The molecule has 1 fully saturated rings. The van der Waals surface area contributed by atoms with E-state index in [0.29, 0.717) is 6.54 Å². The molecule has 6 heteroatoms. The van der Waals surface area contributed by atoms with Crippen LogP contribution in [0.25, 0.3) is 0 Å². The summed E-state index contributed by atoms with van der Waals surface area (Å²) in [5, 5.41) is 5.20. The van der Waals surface area contributed by atoms with Crippen LogP contribution in [0.2, 0.25) is 0 Å². The summed E-state index contributed by atoms with van der Waals surface area (Å²) in [6.07, 6.45) is 0. The maximum atomic E-state index is 11.5. The second-order valence-corrected chi connectivity index (χ2v) is 7.29. The highest BCUT2D eigenvalue weighted by atomic mass is 32.2. The lowest BCUT2D eigenvalue weighted by atomic mass is 9.95. The van der Waals surface area contributed by atoms with Crippen LogP contribution in [0.5, 0.6) is 0 Å². The molecular formula is C17H21N3O2S. The Kier molecular flexibility index (Phi) is 4.77. The maximum Gasteiger partial charge on any atom is 0.274 e. The lowest BCUT2D eigenvalue weighted by Crippen LogP contribution is -2.43. The molecule has 0 amide bonds. The van der Waals surface area contributed by atoms with E-state index in [2.05, 4.69) is 21.8 Å². The van der Waals surface area contributed by atoms with Crippen LogP contribution in [0.4, 0.5) is 0 Å². The van der Waals surface area contributed by atoms with Crippen molar-refractivity contribution in [3.8, 4) is 0 Å². The van der Waals surface area contributed by atoms with Gasteiger partial charge in [0.25, 0.3) is 10.2 Å². The fraction of sp³-hybridized carbons (Fsp3) is 0.294. The summed E-state index contributed by atoms with van der Waals surface area (Å²) in [4.78, 5) is 2.26. The van der Waals surface area contributed by atoms with E-state index in [1.807, 2.05) is 48.5 Å². The zero-order chi connectivity index (χ0) is 16.3. The van der Waals surface area contributed by atoms with Gasteiger partial charge in [0.1, 0.15) is 0 Å². The standard InChI is InChI=1S/C17H21N3O2S/c18-23(21,22)19-17-13-20(11-14-7-3-1-4-8-14)12-16(17)15-9-5-2-6-10-15/h1-10,16-17,19H,11-13H2,(H2,18,21,22)/t16-,17+/m0/s1. The van der Waals surface area contributed by atoms with Crippen LogP contribution < -0.4 is 9.86 Å². The molecule has 3 N–H and O–H groups in total. The lowest BCUT2D eigenvalue weighted by Gasteiger charge is -2.18. The average molecular weight is 331 g/mol. The minimum atomic E-state index is -3.72. The molecule has 0 aliphatic carbocycles. The number of likely N-dealkylation sites (tertiary alicyclic amines) is 1. The van der Waals surface area contributed by atoms with E-state index in [4.69, 9.17) is 5.14 Å². The van der Waals surface area contributed by atoms with Crippen molar-refractivity contribution >= 4 is 10.2 Å². The summed E-state index contributed by atoms with van der Waals surface area (Å²) in [7, 11) is -3.72. The molecule has 0 spiro atoms. The molecule has 0 aromatic heterocycles. The normalized spacial score (nSPS) is 22.3. The van der Waals surface area contributed by atoms with E-state index >= 15 is 0 Å². The summed E-state index contributed by atoms with van der Waals surface area (Å²) >= 11 is 0. The number of rotatable bonds is 5. The van der Waals surface area contributed by atoms with Crippen molar-refractivity contribution in [2.24, 2.45) is 5.14 Å². The first-order chi connectivity index (χ1) is 11.0. The molecule has 0 bridgehead atoms. The molecule has 0 radical (unpaired) electrons. The van der Waals surface area contributed by atoms with Crippen LogP contribution in [-0.2, 0) is 16.8 Å². The first kappa shape index (κ1) is 16.1. The SMILES string of the molecule is NS(=O)(=O)N[C@@H]1CN(Cc2ccccc2)C[C@H]1c1ccccc1. The number of hydrogen-bond donors (Lipinski definition) is 2. The van der Waals surface area contributed by atoms with Crippen molar-refractivity contribution in [3.63, 3.8) is 0 Å². The predicted molar refractivity (Wildman–Crippen MR) is 90.9 cm³/mol. The van der Waals surface area contributed by atoms with Gasteiger partial charge in [-0.05, 0) is 11.1 Å². The molecule has 2 aromatic carbocycles. The van der Waals surface area contributed by atoms with Gasteiger partial charge in [-0.25, -0.2) is 5.14 Å². The summed E-state index contributed by atoms with van der Waals surface area (Å²) < 4.78 is 25.5. The van der Waals surface area contributed by atoms with Gasteiger partial charge in [-0.15, -0.1) is 0 Å². The lowest BCUT2D eigenvalue weighted by molar-refractivity contribution is 0.322. The Morgan fingerprint density at radius 1 is 1.00 bits per heavy atom. The van der Waals surface area contributed by atoms with Gasteiger partial charge in [-0.2, -0.15) is 13.1 Å². The van der Waals surface area contributed by atoms with E-state index in [0.717, 1.165) is 18.7 Å². The molecule has 1 heterocycles. The number of benzene rings is 2. The van der Waals surface area contributed by atoms with E-state index in [1.54, 1.807) is 0 Å². The molecule has 3 rings (SSSR count). The molecule has 5 nitrogen and oxygen atoms in total. The minimum Gasteiger partial charge on any atom is -0.297 e. The van der Waals surface area contributed by atoms with Crippen molar-refractivity contribution < 1.29 is 8.42 Å². The number of nitrogens with zero attached hydrogens (tertiary/aromatic N) is 1. The fourth-order valence-corrected chi connectivity index (χ4v) is 3.89. The van der Waals surface area contributed by atoms with Crippen LogP contribution in [0.15, 0.2) is 60.7 Å². The molecule has 2 aromatic rings. The topological polar surface area (TPSA) is 75.4 Å². The minimum absolute atomic E-state index is 0.0956. The van der Waals surface area contributed by atoms with Gasteiger partial charge < -0.3 is 0 Å². The molecular weight excluding hydrogens is 310 g/mol. The number of nitrogens with one attached hydrogen (secondary N) is 1. The summed E-state index contributed by atoms with van der Waals surface area (Å²) in [6.45, 7) is 2.24. The summed E-state index contributed by atoms with van der Waals surface area (Å²) in [6, 6.07) is 20.0. The van der Waals surface area contributed by atoms with Crippen molar-refractivity contribution in [2.75, 3.05) is 13.1 Å². The zero-order valence-electron chi connectivity index (χ0n) is 12.8. The van der Waals surface area contributed by atoms with Gasteiger partial charge in [-0.1, -0.05) is 60.7 Å². The third kappa shape index (κ3) is 4.39. The number of nitrogens with two attached hydrogens (primary N) is 1. The Morgan fingerprint density at radius 2 is 1.61 bits per heavy atom. The average Bonchev–Trinajstić information content (AvgIpc) is 2.89. The quantitative estimate of drug-likeness (QED) is 0.871. The second-order valence-electron chi connectivity index (χ2n) is 5.97. The molecule has 1 aliphatic heterocycles. The first-order valence-corrected chi connectivity index (χ1v) is 9.17. The Morgan fingerprint density at radius 3 is 2.22 bits per heavy atom.